The first-order chi connectivity index (χ1) is 16.7. The molecule has 35 heavy (non-hydrogen) atoms. The molecule has 3 aliphatic rings. The van der Waals surface area contributed by atoms with Crippen molar-refractivity contribution in [3.8, 4) is 0 Å². The maximum absolute atomic E-state index is 13.2. The number of imide groups is 1. The summed E-state index contributed by atoms with van der Waals surface area (Å²) in [6.07, 6.45) is 0.680. The molecule has 182 valence electrons. The molecule has 0 aromatic heterocycles. The minimum absolute atomic E-state index is 0.126. The molecule has 5 rings (SSSR count). The van der Waals surface area contributed by atoms with Gasteiger partial charge >= 0.3 is 5.97 Å². The normalized spacial score (nSPS) is 28.9. The molecule has 2 aromatic carbocycles. The van der Waals surface area contributed by atoms with Crippen LogP contribution < -0.4 is 10.2 Å². The number of nitrogens with zero attached hydrogens (tertiary/aromatic N) is 1. The summed E-state index contributed by atoms with van der Waals surface area (Å²) in [7, 11) is 0. The predicted octanol–water partition coefficient (Wildman–Crippen LogP) is 4.07. The summed E-state index contributed by atoms with van der Waals surface area (Å²) in [4.78, 5) is 52.4. The molecule has 0 unspecified atom stereocenters. The SMILES string of the molecule is Cc1cccc(NC(=O)COC(=O)c2cccc(N3C(=O)[C@@H]4[C@H]5C[C@@H]([C@@H](Cl)[C@H]5Cl)[C@H]4C3=O)c2)c1C. The number of rotatable bonds is 5. The Morgan fingerprint density at radius 3 is 2.29 bits per heavy atom. The van der Waals surface area contributed by atoms with Crippen molar-refractivity contribution in [1.82, 2.24) is 0 Å². The first-order valence-corrected chi connectivity index (χ1v) is 12.4. The molecule has 1 saturated heterocycles. The van der Waals surface area contributed by atoms with Crippen LogP contribution in [-0.2, 0) is 19.1 Å². The van der Waals surface area contributed by atoms with Crippen molar-refractivity contribution >= 4 is 58.3 Å². The van der Waals surface area contributed by atoms with Crippen molar-refractivity contribution in [2.75, 3.05) is 16.8 Å². The van der Waals surface area contributed by atoms with Gasteiger partial charge < -0.3 is 10.1 Å². The minimum Gasteiger partial charge on any atom is -0.452 e. The van der Waals surface area contributed by atoms with Crippen molar-refractivity contribution in [2.24, 2.45) is 23.7 Å². The molecule has 9 heteroatoms. The Bertz CT molecular complexity index is 1220. The van der Waals surface area contributed by atoms with E-state index in [1.165, 1.54) is 12.1 Å². The van der Waals surface area contributed by atoms with Crippen LogP contribution in [0.1, 0.15) is 27.9 Å². The van der Waals surface area contributed by atoms with Gasteiger partial charge in [-0.15, -0.1) is 23.2 Å². The smallest absolute Gasteiger partial charge is 0.338 e. The second-order valence-corrected chi connectivity index (χ2v) is 10.4. The van der Waals surface area contributed by atoms with Crippen LogP contribution >= 0.6 is 23.2 Å². The number of fused-ring (bicyclic) bond motifs is 5. The summed E-state index contributed by atoms with van der Waals surface area (Å²) in [6, 6.07) is 11.6. The van der Waals surface area contributed by atoms with Gasteiger partial charge in [0.2, 0.25) is 11.8 Å². The highest BCUT2D eigenvalue weighted by Crippen LogP contribution is 2.59. The zero-order valence-electron chi connectivity index (χ0n) is 19.2. The Kier molecular flexibility index (Phi) is 6.09. The van der Waals surface area contributed by atoms with E-state index >= 15 is 0 Å². The van der Waals surface area contributed by atoms with Crippen LogP contribution in [0.25, 0.3) is 0 Å². The number of ether oxygens (including phenoxy) is 1. The Morgan fingerprint density at radius 2 is 1.63 bits per heavy atom. The number of amides is 3. The van der Waals surface area contributed by atoms with Crippen LogP contribution in [0.2, 0.25) is 0 Å². The molecular weight excluding hydrogens is 491 g/mol. The monoisotopic (exact) mass is 514 g/mol. The number of alkyl halides is 2. The molecule has 2 aliphatic carbocycles. The largest absolute Gasteiger partial charge is 0.452 e. The number of halogens is 2. The summed E-state index contributed by atoms with van der Waals surface area (Å²) in [6.45, 7) is 3.36. The van der Waals surface area contributed by atoms with E-state index in [0.29, 0.717) is 17.8 Å². The molecule has 0 spiro atoms. The van der Waals surface area contributed by atoms with E-state index in [1.54, 1.807) is 18.2 Å². The average molecular weight is 515 g/mol. The average Bonchev–Trinajstić information content (AvgIpc) is 3.45. The second kappa shape index (κ2) is 8.95. The van der Waals surface area contributed by atoms with E-state index in [0.717, 1.165) is 16.0 Å². The van der Waals surface area contributed by atoms with Gasteiger partial charge in [0, 0.05) is 5.69 Å². The highest BCUT2D eigenvalue weighted by atomic mass is 35.5. The fourth-order valence-corrected chi connectivity index (χ4v) is 6.56. The summed E-state index contributed by atoms with van der Waals surface area (Å²) < 4.78 is 5.18. The molecular formula is C26H24Cl2N2O5. The number of esters is 1. The molecule has 6 atom stereocenters. The first-order valence-electron chi connectivity index (χ1n) is 11.5. The van der Waals surface area contributed by atoms with Gasteiger partial charge in [0.05, 0.1) is 33.8 Å². The number of hydrogen-bond donors (Lipinski definition) is 1. The molecule has 1 N–H and O–H groups in total. The van der Waals surface area contributed by atoms with Gasteiger partial charge in [-0.2, -0.15) is 0 Å². The molecule has 3 fully saturated rings. The van der Waals surface area contributed by atoms with Gasteiger partial charge in [0.1, 0.15) is 0 Å². The van der Waals surface area contributed by atoms with Gasteiger partial charge in [0.25, 0.3) is 5.91 Å². The van der Waals surface area contributed by atoms with Crippen molar-refractivity contribution in [3.63, 3.8) is 0 Å². The Balaban J connectivity index is 1.27. The van der Waals surface area contributed by atoms with Crippen molar-refractivity contribution < 1.29 is 23.9 Å². The van der Waals surface area contributed by atoms with Crippen LogP contribution in [0.5, 0.6) is 0 Å². The van der Waals surface area contributed by atoms with E-state index in [-0.39, 0.29) is 40.0 Å². The van der Waals surface area contributed by atoms with Gasteiger partial charge in [-0.1, -0.05) is 18.2 Å². The molecule has 1 heterocycles. The van der Waals surface area contributed by atoms with Gasteiger partial charge in [-0.05, 0) is 67.5 Å². The summed E-state index contributed by atoms with van der Waals surface area (Å²) in [5, 5.41) is 2.06. The van der Waals surface area contributed by atoms with Crippen molar-refractivity contribution in [2.45, 2.75) is 31.0 Å². The highest BCUT2D eigenvalue weighted by Gasteiger charge is 2.66. The van der Waals surface area contributed by atoms with Crippen molar-refractivity contribution in [3.05, 3.63) is 59.2 Å². The summed E-state index contributed by atoms with van der Waals surface area (Å²) in [5.74, 6) is -3.02. The lowest BCUT2D eigenvalue weighted by Crippen LogP contribution is -2.37. The zero-order valence-corrected chi connectivity index (χ0v) is 20.7. The third kappa shape index (κ3) is 3.91. The predicted molar refractivity (Wildman–Crippen MR) is 132 cm³/mol. The summed E-state index contributed by atoms with van der Waals surface area (Å²) >= 11 is 12.8. The third-order valence-corrected chi connectivity index (χ3v) is 8.86. The summed E-state index contributed by atoms with van der Waals surface area (Å²) in [5.41, 5.74) is 3.03. The van der Waals surface area contributed by atoms with Gasteiger partial charge in [-0.3, -0.25) is 19.3 Å². The van der Waals surface area contributed by atoms with Gasteiger partial charge in [-0.25, -0.2) is 4.79 Å². The Hall–Kier alpha value is -2.90. The maximum atomic E-state index is 13.2. The van der Waals surface area contributed by atoms with Crippen molar-refractivity contribution in [1.29, 1.82) is 0 Å². The first kappa shape index (κ1) is 23.8. The lowest BCUT2D eigenvalue weighted by atomic mass is 9.80. The minimum atomic E-state index is -0.732. The van der Waals surface area contributed by atoms with Crippen LogP contribution in [0.4, 0.5) is 11.4 Å². The van der Waals surface area contributed by atoms with Crippen LogP contribution in [0.3, 0.4) is 0 Å². The number of nitrogens with one attached hydrogen (secondary N) is 1. The molecule has 1 aliphatic heterocycles. The lowest BCUT2D eigenvalue weighted by molar-refractivity contribution is -0.123. The van der Waals surface area contributed by atoms with E-state index in [9.17, 15) is 19.2 Å². The number of carbonyl (C=O) groups is 4. The van der Waals surface area contributed by atoms with E-state index < -0.39 is 30.3 Å². The molecule has 2 saturated carbocycles. The van der Waals surface area contributed by atoms with Crippen LogP contribution in [-0.4, -0.2) is 41.1 Å². The topological polar surface area (TPSA) is 92.8 Å². The third-order valence-electron chi connectivity index (χ3n) is 7.54. The quantitative estimate of drug-likeness (QED) is 0.368. The fourth-order valence-electron chi connectivity index (χ4n) is 5.66. The number of benzene rings is 2. The van der Waals surface area contributed by atoms with Crippen LogP contribution in [0.15, 0.2) is 42.5 Å². The van der Waals surface area contributed by atoms with E-state index in [2.05, 4.69) is 5.32 Å². The molecule has 2 bridgehead atoms. The maximum Gasteiger partial charge on any atom is 0.338 e. The zero-order chi connectivity index (χ0) is 25.0. The fraction of sp³-hybridized carbons (Fsp3) is 0.385. The Morgan fingerprint density at radius 1 is 1.00 bits per heavy atom. The number of aryl methyl sites for hydroxylation is 1. The van der Waals surface area contributed by atoms with E-state index in [1.807, 2.05) is 26.0 Å². The standard InChI is InChI=1S/C26H24Cl2N2O5/c1-12-5-3-8-18(13(12)2)29-19(31)11-35-26(34)14-6-4-7-15(9-14)30-24(32)20-16-10-17(21(20)25(30)33)23(28)22(16)27/h3-9,16-17,20-23H,10-11H2,1-2H3,(H,29,31)/t16-,17-,20-,21-,22-,23+/m1/s1. The highest BCUT2D eigenvalue weighted by molar-refractivity contribution is 6.32. The number of hydrogen-bond acceptors (Lipinski definition) is 5. The molecule has 3 amide bonds. The second-order valence-electron chi connectivity index (χ2n) is 9.44. The van der Waals surface area contributed by atoms with E-state index in [4.69, 9.17) is 27.9 Å². The molecule has 0 radical (unpaired) electrons. The molecule has 7 nitrogen and oxygen atoms in total. The lowest BCUT2D eigenvalue weighted by Gasteiger charge is -2.28. The Labute approximate surface area is 212 Å². The van der Waals surface area contributed by atoms with Gasteiger partial charge in [0.15, 0.2) is 6.61 Å². The number of anilines is 2. The molecule has 2 aromatic rings. The van der Waals surface area contributed by atoms with Crippen LogP contribution in [0, 0.1) is 37.5 Å². The number of carbonyl (C=O) groups excluding carboxylic acids is 4.